The fraction of sp³-hybridized carbons (Fsp3) is 0.579. The van der Waals surface area contributed by atoms with Gasteiger partial charge in [-0.3, -0.25) is 4.79 Å². The predicted octanol–water partition coefficient (Wildman–Crippen LogP) is 1.76. The number of carbonyl (C=O) groups is 1. The lowest BCUT2D eigenvalue weighted by molar-refractivity contribution is -0.127. The fourth-order valence-electron chi connectivity index (χ4n) is 2.68. The third-order valence-electron chi connectivity index (χ3n) is 4.33. The summed E-state index contributed by atoms with van der Waals surface area (Å²) in [6.45, 7) is 1.25. The monoisotopic (exact) mass is 398 g/mol. The summed E-state index contributed by atoms with van der Waals surface area (Å²) in [4.78, 5) is 17.8. The number of benzene rings is 1. The third-order valence-corrected chi connectivity index (χ3v) is 4.33. The van der Waals surface area contributed by atoms with Gasteiger partial charge in [0.05, 0.1) is 19.7 Å². The van der Waals surface area contributed by atoms with Crippen LogP contribution in [0.4, 0.5) is 8.78 Å². The number of carbonyl (C=O) groups excluding carboxylic acids is 1. The van der Waals surface area contributed by atoms with Crippen molar-refractivity contribution in [3.05, 3.63) is 29.3 Å². The van der Waals surface area contributed by atoms with Gasteiger partial charge in [0.25, 0.3) is 0 Å². The number of aryl methyl sites for hydroxylation is 1. The highest BCUT2D eigenvalue weighted by atomic mass is 19.3. The normalized spacial score (nSPS) is 16.9. The molecule has 2 N–H and O–H groups in total. The van der Waals surface area contributed by atoms with Crippen molar-refractivity contribution in [1.29, 1.82) is 0 Å². The van der Waals surface area contributed by atoms with Crippen LogP contribution in [0.2, 0.25) is 0 Å². The number of amides is 1. The van der Waals surface area contributed by atoms with Crippen molar-refractivity contribution in [2.45, 2.75) is 26.5 Å². The minimum atomic E-state index is -2.90. The number of alkyl halides is 2. The Morgan fingerprint density at radius 2 is 2.18 bits per heavy atom. The van der Waals surface area contributed by atoms with Crippen molar-refractivity contribution in [2.75, 3.05) is 40.4 Å². The van der Waals surface area contributed by atoms with Gasteiger partial charge in [-0.2, -0.15) is 8.78 Å². The first-order valence-electron chi connectivity index (χ1n) is 9.19. The van der Waals surface area contributed by atoms with E-state index in [2.05, 4.69) is 20.4 Å². The number of nitrogens with zero attached hydrogens (tertiary/aromatic N) is 2. The number of hydrogen-bond donors (Lipinski definition) is 2. The van der Waals surface area contributed by atoms with Crippen molar-refractivity contribution >= 4 is 11.9 Å². The highest BCUT2D eigenvalue weighted by Gasteiger charge is 2.16. The van der Waals surface area contributed by atoms with E-state index in [0.717, 1.165) is 18.6 Å². The molecule has 1 aromatic rings. The van der Waals surface area contributed by atoms with Gasteiger partial charge in [0, 0.05) is 38.7 Å². The Bertz CT molecular complexity index is 677. The van der Waals surface area contributed by atoms with Crippen LogP contribution < -0.4 is 15.4 Å². The maximum absolute atomic E-state index is 12.6. The van der Waals surface area contributed by atoms with Gasteiger partial charge in [-0.25, -0.2) is 4.99 Å². The largest absolute Gasteiger partial charge is 0.434 e. The standard InChI is InChI=1S/C19H28F2N4O3/c1-13-4-5-16(28-18(20)21)15(8-13)10-23-19(24-11-17(26)25(2)3)22-9-14-6-7-27-12-14/h4-5,8,14,18H,6-7,9-12H2,1-3H3,(H2,22,23,24). The number of aliphatic imine (C=N–C) groups is 1. The van der Waals surface area contributed by atoms with Gasteiger partial charge in [0.2, 0.25) is 5.91 Å². The zero-order valence-corrected chi connectivity index (χ0v) is 16.5. The van der Waals surface area contributed by atoms with Gasteiger partial charge in [-0.15, -0.1) is 0 Å². The van der Waals surface area contributed by atoms with E-state index >= 15 is 0 Å². The Kier molecular flexibility index (Phi) is 8.43. The Labute approximate surface area is 164 Å². The van der Waals surface area contributed by atoms with Crippen molar-refractivity contribution in [3.63, 3.8) is 0 Å². The highest BCUT2D eigenvalue weighted by Crippen LogP contribution is 2.23. The number of ether oxygens (including phenoxy) is 2. The van der Waals surface area contributed by atoms with Crippen LogP contribution >= 0.6 is 0 Å². The molecular weight excluding hydrogens is 370 g/mol. The SMILES string of the molecule is Cc1ccc(OC(F)F)c(CN=C(NCC(=O)N(C)C)NCC2CCOC2)c1. The lowest BCUT2D eigenvalue weighted by atomic mass is 10.1. The molecule has 1 saturated heterocycles. The summed E-state index contributed by atoms with van der Waals surface area (Å²) in [5.74, 6) is 0.799. The first-order valence-corrected chi connectivity index (χ1v) is 9.19. The second-order valence-corrected chi connectivity index (χ2v) is 6.91. The Morgan fingerprint density at radius 3 is 2.82 bits per heavy atom. The molecule has 1 heterocycles. The summed E-state index contributed by atoms with van der Waals surface area (Å²) in [6, 6.07) is 4.98. The van der Waals surface area contributed by atoms with E-state index < -0.39 is 6.61 Å². The second-order valence-electron chi connectivity index (χ2n) is 6.91. The summed E-state index contributed by atoms with van der Waals surface area (Å²) in [5.41, 5.74) is 1.46. The molecule has 0 bridgehead atoms. The van der Waals surface area contributed by atoms with Crippen LogP contribution in [0.5, 0.6) is 5.75 Å². The van der Waals surface area contributed by atoms with Crippen LogP contribution in [0.15, 0.2) is 23.2 Å². The first-order chi connectivity index (χ1) is 13.3. The van der Waals surface area contributed by atoms with Gasteiger partial charge in [-0.1, -0.05) is 17.7 Å². The van der Waals surface area contributed by atoms with Gasteiger partial charge >= 0.3 is 6.61 Å². The number of likely N-dealkylation sites (N-methyl/N-ethyl adjacent to an activating group) is 1. The fourth-order valence-corrected chi connectivity index (χ4v) is 2.68. The van der Waals surface area contributed by atoms with E-state index in [0.29, 0.717) is 30.6 Å². The molecule has 0 radical (unpaired) electrons. The first kappa shape index (κ1) is 21.9. The Balaban J connectivity index is 2.08. The average Bonchev–Trinajstić information content (AvgIpc) is 3.15. The summed E-state index contributed by atoms with van der Waals surface area (Å²) >= 11 is 0. The molecular formula is C19H28F2N4O3. The van der Waals surface area contributed by atoms with Gasteiger partial charge < -0.3 is 25.0 Å². The number of hydrogen-bond acceptors (Lipinski definition) is 4. The molecule has 1 atom stereocenters. The maximum Gasteiger partial charge on any atom is 0.387 e. The minimum absolute atomic E-state index is 0.0776. The molecule has 0 aliphatic carbocycles. The predicted molar refractivity (Wildman–Crippen MR) is 103 cm³/mol. The highest BCUT2D eigenvalue weighted by molar-refractivity contribution is 5.86. The zero-order valence-electron chi connectivity index (χ0n) is 16.5. The van der Waals surface area contributed by atoms with Crippen molar-refractivity contribution in [3.8, 4) is 5.75 Å². The lowest BCUT2D eigenvalue weighted by Gasteiger charge is -2.17. The summed E-state index contributed by atoms with van der Waals surface area (Å²) in [6.07, 6.45) is 0.959. The summed E-state index contributed by atoms with van der Waals surface area (Å²) < 4.78 is 35.2. The molecule has 7 nitrogen and oxygen atoms in total. The topological polar surface area (TPSA) is 75.2 Å². The molecule has 1 aliphatic heterocycles. The van der Waals surface area contributed by atoms with Crippen LogP contribution in [0.3, 0.4) is 0 Å². The molecule has 1 unspecified atom stereocenters. The second kappa shape index (κ2) is 10.8. The van der Waals surface area contributed by atoms with Crippen LogP contribution in [0.25, 0.3) is 0 Å². The number of rotatable bonds is 8. The number of guanidine groups is 1. The number of halogens is 2. The van der Waals surface area contributed by atoms with Crippen molar-refractivity contribution < 1.29 is 23.0 Å². The summed E-state index contributed by atoms with van der Waals surface area (Å²) in [7, 11) is 3.34. The van der Waals surface area contributed by atoms with Gasteiger partial charge in [0.1, 0.15) is 5.75 Å². The average molecular weight is 398 g/mol. The third kappa shape index (κ3) is 7.30. The molecule has 156 valence electrons. The van der Waals surface area contributed by atoms with Gasteiger partial charge in [-0.05, 0) is 19.4 Å². The van der Waals surface area contributed by atoms with Crippen LogP contribution in [0, 0.1) is 12.8 Å². The zero-order chi connectivity index (χ0) is 20.5. The molecule has 2 rings (SSSR count). The molecule has 0 saturated carbocycles. The van der Waals surface area contributed by atoms with Crippen LogP contribution in [-0.4, -0.2) is 63.8 Å². The van der Waals surface area contributed by atoms with E-state index in [1.165, 1.54) is 11.0 Å². The van der Waals surface area contributed by atoms with E-state index in [-0.39, 0.29) is 24.7 Å². The quantitative estimate of drug-likeness (QED) is 0.516. The Morgan fingerprint density at radius 1 is 1.39 bits per heavy atom. The van der Waals surface area contributed by atoms with E-state index in [1.54, 1.807) is 26.2 Å². The molecule has 0 spiro atoms. The van der Waals surface area contributed by atoms with Crippen molar-refractivity contribution in [2.24, 2.45) is 10.9 Å². The molecule has 0 aromatic heterocycles. The number of nitrogens with one attached hydrogen (secondary N) is 2. The van der Waals surface area contributed by atoms with E-state index in [9.17, 15) is 13.6 Å². The Hall–Kier alpha value is -2.42. The molecule has 1 amide bonds. The molecule has 1 fully saturated rings. The van der Waals surface area contributed by atoms with E-state index in [1.807, 2.05) is 6.92 Å². The van der Waals surface area contributed by atoms with Gasteiger partial charge in [0.15, 0.2) is 5.96 Å². The molecule has 1 aliphatic rings. The maximum atomic E-state index is 12.6. The van der Waals surface area contributed by atoms with E-state index in [4.69, 9.17) is 4.74 Å². The minimum Gasteiger partial charge on any atom is -0.434 e. The van der Waals surface area contributed by atoms with Crippen LogP contribution in [0.1, 0.15) is 17.5 Å². The molecule has 28 heavy (non-hydrogen) atoms. The molecule has 9 heteroatoms. The molecule has 1 aromatic carbocycles. The van der Waals surface area contributed by atoms with Crippen molar-refractivity contribution in [1.82, 2.24) is 15.5 Å². The smallest absolute Gasteiger partial charge is 0.387 e. The van der Waals surface area contributed by atoms with Crippen LogP contribution in [-0.2, 0) is 16.1 Å². The lowest BCUT2D eigenvalue weighted by Crippen LogP contribution is -2.44. The summed E-state index contributed by atoms with van der Waals surface area (Å²) in [5, 5.41) is 6.19.